The first kappa shape index (κ1) is 19.8. The number of aromatic nitrogens is 1. The highest BCUT2D eigenvalue weighted by atomic mass is 35.5. The molecule has 1 amide bonds. The van der Waals surface area contributed by atoms with Gasteiger partial charge in [-0.15, -0.1) is 12.4 Å². The molecule has 0 radical (unpaired) electrons. The Morgan fingerprint density at radius 1 is 1.43 bits per heavy atom. The molecular weight excluding hydrogens is 314 g/mol. The van der Waals surface area contributed by atoms with Crippen molar-refractivity contribution in [1.29, 1.82) is 0 Å². The Labute approximate surface area is 134 Å². The van der Waals surface area contributed by atoms with Gasteiger partial charge in [0, 0.05) is 17.9 Å². The van der Waals surface area contributed by atoms with E-state index in [1.54, 1.807) is 6.92 Å². The quantitative estimate of drug-likeness (QED) is 0.823. The maximum Gasteiger partial charge on any atom is 0.350 e. The number of thiazole rings is 1. The van der Waals surface area contributed by atoms with E-state index < -0.39 is 5.97 Å². The van der Waals surface area contributed by atoms with Crippen LogP contribution in [0, 0.1) is 0 Å². The number of nitrogens with one attached hydrogen (secondary N) is 1. The summed E-state index contributed by atoms with van der Waals surface area (Å²) in [7, 11) is 1.32. The molecular formula is C13H22ClN3O3S. The molecule has 0 bridgehead atoms. The summed E-state index contributed by atoms with van der Waals surface area (Å²) in [6.07, 6.45) is 0.206. The van der Waals surface area contributed by atoms with Crippen LogP contribution in [-0.4, -0.2) is 30.0 Å². The lowest BCUT2D eigenvalue weighted by Gasteiger charge is -2.16. The molecule has 0 aliphatic heterocycles. The molecule has 3 N–H and O–H groups in total. The summed E-state index contributed by atoms with van der Waals surface area (Å²) >= 11 is 1.12. The van der Waals surface area contributed by atoms with Crippen LogP contribution in [0.15, 0.2) is 0 Å². The molecule has 8 heteroatoms. The lowest BCUT2D eigenvalue weighted by Crippen LogP contribution is -2.24. The molecule has 0 aliphatic carbocycles. The van der Waals surface area contributed by atoms with Crippen LogP contribution in [0.3, 0.4) is 0 Å². The summed E-state index contributed by atoms with van der Waals surface area (Å²) < 4.78 is 4.75. The van der Waals surface area contributed by atoms with Crippen LogP contribution in [0.2, 0.25) is 0 Å². The maximum atomic E-state index is 11.8. The van der Waals surface area contributed by atoms with Crippen molar-refractivity contribution in [2.24, 2.45) is 5.73 Å². The molecule has 21 heavy (non-hydrogen) atoms. The molecule has 6 nitrogen and oxygen atoms in total. The lowest BCUT2D eigenvalue weighted by atomic mass is 9.91. The predicted octanol–water partition coefficient (Wildman–Crippen LogP) is 2.32. The van der Waals surface area contributed by atoms with Crippen molar-refractivity contribution in [2.45, 2.75) is 45.6 Å². The van der Waals surface area contributed by atoms with Gasteiger partial charge in [-0.25, -0.2) is 9.78 Å². The SMILES string of the molecule is COC(=O)c1sc(NC(=O)CC(C)N)nc1C(C)(C)C.Cl. The third-order valence-electron chi connectivity index (χ3n) is 2.46. The maximum absolute atomic E-state index is 11.8. The average molecular weight is 336 g/mol. The number of carbonyl (C=O) groups excluding carboxylic acids is 2. The van der Waals surface area contributed by atoms with Gasteiger partial charge in [-0.1, -0.05) is 32.1 Å². The van der Waals surface area contributed by atoms with E-state index >= 15 is 0 Å². The number of nitrogens with two attached hydrogens (primary N) is 1. The first-order chi connectivity index (χ1) is 9.15. The zero-order chi connectivity index (χ0) is 15.5. The fraction of sp³-hybridized carbons (Fsp3) is 0.615. The summed E-state index contributed by atoms with van der Waals surface area (Å²) in [6, 6.07) is -0.225. The highest BCUT2D eigenvalue weighted by molar-refractivity contribution is 7.17. The molecule has 0 aliphatic rings. The minimum absolute atomic E-state index is 0. The number of esters is 1. The molecule has 1 aromatic heterocycles. The normalized spacial score (nSPS) is 12.3. The van der Waals surface area contributed by atoms with E-state index in [4.69, 9.17) is 10.5 Å². The van der Waals surface area contributed by atoms with Crippen molar-refractivity contribution in [2.75, 3.05) is 12.4 Å². The summed E-state index contributed by atoms with van der Waals surface area (Å²) in [4.78, 5) is 28.2. The summed E-state index contributed by atoms with van der Waals surface area (Å²) in [5.41, 5.74) is 5.87. The van der Waals surface area contributed by atoms with Gasteiger partial charge < -0.3 is 15.8 Å². The van der Waals surface area contributed by atoms with Crippen molar-refractivity contribution in [1.82, 2.24) is 4.98 Å². The third-order valence-corrected chi connectivity index (χ3v) is 3.41. The number of nitrogens with zero attached hydrogens (tertiary/aromatic N) is 1. The summed E-state index contributed by atoms with van der Waals surface area (Å²) in [5.74, 6) is -0.661. The van der Waals surface area contributed by atoms with Crippen molar-refractivity contribution < 1.29 is 14.3 Å². The first-order valence-electron chi connectivity index (χ1n) is 6.30. The van der Waals surface area contributed by atoms with E-state index in [9.17, 15) is 9.59 Å². The van der Waals surface area contributed by atoms with Crippen molar-refractivity contribution in [3.63, 3.8) is 0 Å². The predicted molar refractivity (Wildman–Crippen MR) is 86.3 cm³/mol. The number of methoxy groups -OCH3 is 1. The molecule has 1 heterocycles. The van der Waals surface area contributed by atoms with E-state index in [1.165, 1.54) is 7.11 Å². The molecule has 0 saturated carbocycles. The Morgan fingerprint density at radius 2 is 2.00 bits per heavy atom. The van der Waals surface area contributed by atoms with Gasteiger partial charge in [-0.3, -0.25) is 4.79 Å². The first-order valence-corrected chi connectivity index (χ1v) is 7.12. The number of amides is 1. The van der Waals surface area contributed by atoms with Gasteiger partial charge >= 0.3 is 5.97 Å². The number of hydrogen-bond donors (Lipinski definition) is 2. The van der Waals surface area contributed by atoms with Crippen LogP contribution < -0.4 is 11.1 Å². The van der Waals surface area contributed by atoms with Gasteiger partial charge in [0.25, 0.3) is 0 Å². The molecule has 0 saturated heterocycles. The molecule has 0 aromatic carbocycles. The second kappa shape index (κ2) is 7.72. The number of rotatable bonds is 4. The van der Waals surface area contributed by atoms with Crippen molar-refractivity contribution in [3.8, 4) is 0 Å². The number of halogens is 1. The zero-order valence-electron chi connectivity index (χ0n) is 12.9. The zero-order valence-corrected chi connectivity index (χ0v) is 14.5. The van der Waals surface area contributed by atoms with Crippen LogP contribution in [0.5, 0.6) is 0 Å². The van der Waals surface area contributed by atoms with Gasteiger partial charge in [-0.2, -0.15) is 0 Å². The fourth-order valence-electron chi connectivity index (χ4n) is 1.58. The van der Waals surface area contributed by atoms with Crippen molar-refractivity contribution >= 4 is 40.8 Å². The molecule has 1 aromatic rings. The minimum atomic E-state index is -0.444. The van der Waals surface area contributed by atoms with E-state index in [2.05, 4.69) is 10.3 Å². The highest BCUT2D eigenvalue weighted by Crippen LogP contribution is 2.32. The smallest absolute Gasteiger partial charge is 0.350 e. The van der Waals surface area contributed by atoms with E-state index in [0.29, 0.717) is 15.7 Å². The molecule has 1 unspecified atom stereocenters. The second-order valence-corrected chi connectivity index (χ2v) is 6.67. The standard InChI is InChI=1S/C13H21N3O3S.ClH/c1-7(14)6-8(17)15-12-16-10(13(2,3)4)9(20-12)11(18)19-5;/h7H,6,14H2,1-5H3,(H,15,16,17);1H. The third kappa shape index (κ3) is 5.61. The number of hydrogen-bond acceptors (Lipinski definition) is 6. The van der Waals surface area contributed by atoms with Gasteiger partial charge in [0.1, 0.15) is 4.88 Å². The van der Waals surface area contributed by atoms with Gasteiger partial charge in [0.15, 0.2) is 5.13 Å². The Morgan fingerprint density at radius 3 is 2.43 bits per heavy atom. The van der Waals surface area contributed by atoms with Gasteiger partial charge in [0.2, 0.25) is 5.91 Å². The molecule has 1 atom stereocenters. The average Bonchev–Trinajstić information content (AvgIpc) is 2.70. The molecule has 0 fully saturated rings. The monoisotopic (exact) mass is 335 g/mol. The number of ether oxygens (including phenoxy) is 1. The summed E-state index contributed by atoms with van der Waals surface area (Å²) in [6.45, 7) is 7.59. The Kier molecular flexibility index (Phi) is 7.29. The minimum Gasteiger partial charge on any atom is -0.465 e. The van der Waals surface area contributed by atoms with Crippen LogP contribution in [-0.2, 0) is 14.9 Å². The fourth-order valence-corrected chi connectivity index (χ4v) is 2.69. The van der Waals surface area contributed by atoms with Crippen LogP contribution in [0.1, 0.15) is 49.5 Å². The van der Waals surface area contributed by atoms with Crippen molar-refractivity contribution in [3.05, 3.63) is 10.6 Å². The van der Waals surface area contributed by atoms with Crippen LogP contribution >= 0.6 is 23.7 Å². The highest BCUT2D eigenvalue weighted by Gasteiger charge is 2.28. The Bertz CT molecular complexity index is 509. The Hall–Kier alpha value is -1.18. The van der Waals surface area contributed by atoms with Gasteiger partial charge in [0.05, 0.1) is 12.8 Å². The summed E-state index contributed by atoms with van der Waals surface area (Å²) in [5, 5.41) is 3.06. The van der Waals surface area contributed by atoms with Gasteiger partial charge in [-0.05, 0) is 6.92 Å². The molecule has 0 spiro atoms. The molecule has 120 valence electrons. The van der Waals surface area contributed by atoms with Crippen LogP contribution in [0.25, 0.3) is 0 Å². The number of carbonyl (C=O) groups is 2. The van der Waals surface area contributed by atoms with E-state index in [-0.39, 0.29) is 36.2 Å². The second-order valence-electron chi connectivity index (χ2n) is 5.67. The lowest BCUT2D eigenvalue weighted by molar-refractivity contribution is -0.116. The van der Waals surface area contributed by atoms with Crippen LogP contribution in [0.4, 0.5) is 5.13 Å². The molecule has 1 rings (SSSR count). The largest absolute Gasteiger partial charge is 0.465 e. The Balaban J connectivity index is 0.00000400. The van der Waals surface area contributed by atoms with E-state index in [0.717, 1.165) is 11.3 Å². The number of anilines is 1. The van der Waals surface area contributed by atoms with E-state index in [1.807, 2.05) is 20.8 Å². The topological polar surface area (TPSA) is 94.3 Å².